The average molecular weight is 279 g/mol. The van der Waals surface area contributed by atoms with Gasteiger partial charge in [-0.3, -0.25) is 0 Å². The lowest BCUT2D eigenvalue weighted by molar-refractivity contribution is 0.548. The van der Waals surface area contributed by atoms with Crippen molar-refractivity contribution in [2.75, 3.05) is 6.54 Å². The van der Waals surface area contributed by atoms with E-state index in [0.717, 1.165) is 10.9 Å². The smallest absolute Gasteiger partial charge is 0.170 e. The minimum atomic E-state index is 0.338. The Hall–Kier alpha value is -0.910. The zero-order valence-corrected chi connectivity index (χ0v) is 12.2. The molecule has 0 aliphatic heterocycles. The number of hydrogen-bond donors (Lipinski definition) is 1. The largest absolute Gasteiger partial charge is 0.309 e. The summed E-state index contributed by atoms with van der Waals surface area (Å²) in [5.41, 5.74) is 1.32. The zero-order chi connectivity index (χ0) is 12.8. The average Bonchev–Trinajstić information content (AvgIpc) is 2.89. The van der Waals surface area contributed by atoms with Crippen LogP contribution in [0.3, 0.4) is 0 Å². The van der Waals surface area contributed by atoms with Crippen molar-refractivity contribution in [1.82, 2.24) is 14.7 Å². The fraction of sp³-hybridized carbons (Fsp3) is 0.385. The Morgan fingerprint density at radius 1 is 1.33 bits per heavy atom. The van der Waals surface area contributed by atoms with Gasteiger partial charge in [0.05, 0.1) is 0 Å². The van der Waals surface area contributed by atoms with Crippen LogP contribution in [0.4, 0.5) is 0 Å². The monoisotopic (exact) mass is 279 g/mol. The molecule has 0 spiro atoms. The van der Waals surface area contributed by atoms with Crippen LogP contribution in [0.25, 0.3) is 0 Å². The zero-order valence-electron chi connectivity index (χ0n) is 10.5. The number of nitrogens with zero attached hydrogens (tertiary/aromatic N) is 2. The summed E-state index contributed by atoms with van der Waals surface area (Å²) in [5, 5.41) is 3.96. The highest BCUT2D eigenvalue weighted by molar-refractivity contribution is 8.01. The molecule has 5 heteroatoms. The molecule has 0 fully saturated rings. The van der Waals surface area contributed by atoms with Gasteiger partial charge in [0, 0.05) is 11.3 Å². The quantitative estimate of drug-likeness (QED) is 0.823. The standard InChI is InChI=1S/C13H17N3S2/c1-3-14-12(11-7-5-4-6-8-11)10(2)17-13-15-9-16-18-13/h4-10,12,14H,3H2,1-2H3. The third-order valence-corrected chi connectivity index (χ3v) is 4.60. The SMILES string of the molecule is CCNC(c1ccccc1)C(C)Sc1ncns1. The lowest BCUT2D eigenvalue weighted by Crippen LogP contribution is -2.28. The van der Waals surface area contributed by atoms with Gasteiger partial charge in [-0.1, -0.05) is 55.9 Å². The molecule has 1 N–H and O–H groups in total. The molecule has 3 nitrogen and oxygen atoms in total. The molecule has 2 rings (SSSR count). The van der Waals surface area contributed by atoms with Crippen molar-refractivity contribution >= 4 is 23.3 Å². The lowest BCUT2D eigenvalue weighted by Gasteiger charge is -2.24. The van der Waals surface area contributed by atoms with Gasteiger partial charge in [0.15, 0.2) is 4.34 Å². The summed E-state index contributed by atoms with van der Waals surface area (Å²) >= 11 is 3.23. The lowest BCUT2D eigenvalue weighted by atomic mass is 10.0. The summed E-state index contributed by atoms with van der Waals surface area (Å²) in [6.07, 6.45) is 1.62. The summed E-state index contributed by atoms with van der Waals surface area (Å²) in [4.78, 5) is 4.24. The van der Waals surface area contributed by atoms with Gasteiger partial charge in [0.1, 0.15) is 6.33 Å². The predicted octanol–water partition coefficient (Wildman–Crippen LogP) is 3.37. The van der Waals surface area contributed by atoms with E-state index in [4.69, 9.17) is 0 Å². The van der Waals surface area contributed by atoms with Crippen molar-refractivity contribution in [1.29, 1.82) is 0 Å². The van der Waals surface area contributed by atoms with E-state index in [2.05, 4.69) is 58.9 Å². The first-order chi connectivity index (χ1) is 8.81. The molecule has 0 radical (unpaired) electrons. The number of thioether (sulfide) groups is 1. The van der Waals surface area contributed by atoms with Crippen molar-refractivity contribution < 1.29 is 0 Å². The van der Waals surface area contributed by atoms with Crippen LogP contribution in [-0.4, -0.2) is 21.2 Å². The summed E-state index contributed by atoms with van der Waals surface area (Å²) in [7, 11) is 0. The maximum absolute atomic E-state index is 4.24. The third kappa shape index (κ3) is 3.54. The van der Waals surface area contributed by atoms with Crippen molar-refractivity contribution in [3.8, 4) is 0 Å². The van der Waals surface area contributed by atoms with Gasteiger partial charge in [-0.2, -0.15) is 4.37 Å². The van der Waals surface area contributed by atoms with Gasteiger partial charge in [-0.15, -0.1) is 0 Å². The first-order valence-electron chi connectivity index (χ1n) is 6.03. The number of rotatable bonds is 6. The second kappa shape index (κ2) is 6.87. The van der Waals surface area contributed by atoms with E-state index in [0.29, 0.717) is 11.3 Å². The number of nitrogens with one attached hydrogen (secondary N) is 1. The highest BCUT2D eigenvalue weighted by Gasteiger charge is 2.20. The third-order valence-electron chi connectivity index (χ3n) is 2.68. The summed E-state index contributed by atoms with van der Waals surface area (Å²) in [6, 6.07) is 10.9. The highest BCUT2D eigenvalue weighted by atomic mass is 32.2. The molecular weight excluding hydrogens is 262 g/mol. The van der Waals surface area contributed by atoms with E-state index >= 15 is 0 Å². The van der Waals surface area contributed by atoms with Gasteiger partial charge >= 0.3 is 0 Å². The predicted molar refractivity (Wildman–Crippen MR) is 78.1 cm³/mol. The minimum absolute atomic E-state index is 0.338. The van der Waals surface area contributed by atoms with E-state index in [1.807, 2.05) is 0 Å². The Morgan fingerprint density at radius 2 is 2.11 bits per heavy atom. The molecule has 18 heavy (non-hydrogen) atoms. The van der Waals surface area contributed by atoms with Crippen LogP contribution in [0.2, 0.25) is 0 Å². The Balaban J connectivity index is 2.09. The first-order valence-corrected chi connectivity index (χ1v) is 7.68. The molecule has 1 aromatic heterocycles. The van der Waals surface area contributed by atoms with Crippen molar-refractivity contribution in [3.05, 3.63) is 42.2 Å². The van der Waals surface area contributed by atoms with Crippen LogP contribution >= 0.6 is 23.3 Å². The molecule has 0 saturated heterocycles. The Kier molecular flexibility index (Phi) is 5.16. The Bertz CT molecular complexity index is 445. The fourth-order valence-corrected chi connectivity index (χ4v) is 3.73. The van der Waals surface area contributed by atoms with Crippen LogP contribution in [0, 0.1) is 0 Å². The van der Waals surface area contributed by atoms with E-state index in [1.165, 1.54) is 17.1 Å². The second-order valence-electron chi connectivity index (χ2n) is 3.98. The normalized spacial score (nSPS) is 14.3. The summed E-state index contributed by atoms with van der Waals surface area (Å²) < 4.78 is 5.07. The molecule has 96 valence electrons. The van der Waals surface area contributed by atoms with E-state index in [-0.39, 0.29) is 0 Å². The summed E-state index contributed by atoms with van der Waals surface area (Å²) in [6.45, 7) is 5.32. The van der Waals surface area contributed by atoms with Gasteiger partial charge in [-0.25, -0.2) is 4.98 Å². The van der Waals surface area contributed by atoms with Crippen molar-refractivity contribution in [2.24, 2.45) is 0 Å². The molecule has 2 aromatic rings. The van der Waals surface area contributed by atoms with Crippen LogP contribution in [0.5, 0.6) is 0 Å². The fourth-order valence-electron chi connectivity index (χ4n) is 1.88. The molecule has 1 heterocycles. The number of hydrogen-bond acceptors (Lipinski definition) is 5. The molecule has 2 atom stereocenters. The van der Waals surface area contributed by atoms with Crippen molar-refractivity contribution in [2.45, 2.75) is 29.5 Å². The topological polar surface area (TPSA) is 37.8 Å². The highest BCUT2D eigenvalue weighted by Crippen LogP contribution is 2.32. The van der Waals surface area contributed by atoms with Gasteiger partial charge < -0.3 is 5.32 Å². The molecule has 0 aliphatic rings. The summed E-state index contributed by atoms with van der Waals surface area (Å²) in [5.74, 6) is 0. The minimum Gasteiger partial charge on any atom is -0.309 e. The molecule has 2 unspecified atom stereocenters. The van der Waals surface area contributed by atoms with Gasteiger partial charge in [-0.05, 0) is 23.6 Å². The molecule has 1 aromatic carbocycles. The second-order valence-corrected chi connectivity index (χ2v) is 6.38. The van der Waals surface area contributed by atoms with Crippen LogP contribution < -0.4 is 5.32 Å². The maximum Gasteiger partial charge on any atom is 0.170 e. The molecular formula is C13H17N3S2. The van der Waals surface area contributed by atoms with Crippen molar-refractivity contribution in [3.63, 3.8) is 0 Å². The molecule has 0 aliphatic carbocycles. The molecule has 0 amide bonds. The number of benzene rings is 1. The van der Waals surface area contributed by atoms with Crippen LogP contribution in [0.1, 0.15) is 25.5 Å². The van der Waals surface area contributed by atoms with E-state index in [1.54, 1.807) is 18.1 Å². The number of aromatic nitrogens is 2. The van der Waals surface area contributed by atoms with E-state index in [9.17, 15) is 0 Å². The molecule has 0 bridgehead atoms. The van der Waals surface area contributed by atoms with Crippen LogP contribution in [-0.2, 0) is 0 Å². The van der Waals surface area contributed by atoms with Gasteiger partial charge in [0.25, 0.3) is 0 Å². The molecule has 0 saturated carbocycles. The van der Waals surface area contributed by atoms with Gasteiger partial charge in [0.2, 0.25) is 0 Å². The van der Waals surface area contributed by atoms with E-state index < -0.39 is 0 Å². The Morgan fingerprint density at radius 3 is 2.72 bits per heavy atom. The van der Waals surface area contributed by atoms with Crippen LogP contribution in [0.15, 0.2) is 41.0 Å². The Labute approximate surface area is 116 Å². The first kappa shape index (κ1) is 13.5. The maximum atomic E-state index is 4.24.